The van der Waals surface area contributed by atoms with Crippen LogP contribution in [0.5, 0.6) is 0 Å². The maximum Gasteiger partial charge on any atom is 0.0637 e. The molecule has 1 N–H and O–H groups in total. The third kappa shape index (κ3) is 2.93. The Hall–Kier alpha value is -0.730. The Balaban J connectivity index is 2.06. The first-order chi connectivity index (χ1) is 8.08. The highest BCUT2D eigenvalue weighted by atomic mass is 35.5. The van der Waals surface area contributed by atoms with Gasteiger partial charge in [0.25, 0.3) is 0 Å². The Morgan fingerprint density at radius 1 is 1.29 bits per heavy atom. The average Bonchev–Trinajstić information content (AvgIpc) is 2.29. The van der Waals surface area contributed by atoms with Crippen LogP contribution in [-0.4, -0.2) is 30.6 Å². The fraction of sp³-hybridized carbons (Fsp3) is 0.571. The van der Waals surface area contributed by atoms with Crippen LogP contribution < -0.4 is 5.32 Å². The molecule has 1 aromatic carbocycles. The van der Waals surface area contributed by atoms with E-state index in [9.17, 15) is 0 Å². The first-order valence-electron chi connectivity index (χ1n) is 6.29. The van der Waals surface area contributed by atoms with Crippen molar-refractivity contribution in [2.24, 2.45) is 5.92 Å². The van der Waals surface area contributed by atoms with Crippen molar-refractivity contribution in [2.45, 2.75) is 32.4 Å². The molecule has 3 heteroatoms. The zero-order valence-corrected chi connectivity index (χ0v) is 11.5. The molecule has 1 aromatic rings. The number of nitrogens with one attached hydrogen (secondary N) is 1. The predicted octanol–water partition coefficient (Wildman–Crippen LogP) is 3.48. The second-order valence-corrected chi connectivity index (χ2v) is 5.64. The molecule has 0 radical (unpaired) electrons. The molecule has 0 spiro atoms. The summed E-state index contributed by atoms with van der Waals surface area (Å²) in [5.74, 6) is 0.646. The van der Waals surface area contributed by atoms with Gasteiger partial charge in [0.2, 0.25) is 0 Å². The van der Waals surface area contributed by atoms with E-state index in [1.165, 1.54) is 6.42 Å². The Morgan fingerprint density at radius 3 is 2.71 bits per heavy atom. The van der Waals surface area contributed by atoms with Crippen LogP contribution in [0, 0.1) is 5.92 Å². The van der Waals surface area contributed by atoms with Crippen LogP contribution in [0.3, 0.4) is 0 Å². The van der Waals surface area contributed by atoms with Crippen molar-refractivity contribution in [3.05, 3.63) is 29.3 Å². The molecule has 0 aromatic heterocycles. The number of halogens is 1. The molecule has 3 atom stereocenters. The van der Waals surface area contributed by atoms with E-state index in [2.05, 4.69) is 37.2 Å². The zero-order chi connectivity index (χ0) is 12.4. The maximum atomic E-state index is 6.18. The van der Waals surface area contributed by atoms with Crippen molar-refractivity contribution >= 4 is 17.3 Å². The smallest absolute Gasteiger partial charge is 0.0637 e. The first-order valence-corrected chi connectivity index (χ1v) is 6.67. The van der Waals surface area contributed by atoms with Crippen LogP contribution in [-0.2, 0) is 0 Å². The minimum atomic E-state index is 0.515. The van der Waals surface area contributed by atoms with E-state index in [1.54, 1.807) is 0 Å². The van der Waals surface area contributed by atoms with Gasteiger partial charge in [-0.25, -0.2) is 0 Å². The lowest BCUT2D eigenvalue weighted by Gasteiger charge is -2.40. The summed E-state index contributed by atoms with van der Waals surface area (Å²) in [5.41, 5.74) is 1.06. The largest absolute Gasteiger partial charge is 0.381 e. The number of hydrogen-bond acceptors (Lipinski definition) is 2. The van der Waals surface area contributed by atoms with Crippen LogP contribution in [0.25, 0.3) is 0 Å². The van der Waals surface area contributed by atoms with E-state index in [0.29, 0.717) is 18.0 Å². The molecule has 2 rings (SSSR count). The topological polar surface area (TPSA) is 15.3 Å². The number of benzene rings is 1. The van der Waals surface area contributed by atoms with Gasteiger partial charge in [-0.2, -0.15) is 0 Å². The summed E-state index contributed by atoms with van der Waals surface area (Å²) in [7, 11) is 2.20. The molecule has 1 aliphatic heterocycles. The van der Waals surface area contributed by atoms with Gasteiger partial charge < -0.3 is 10.2 Å². The Morgan fingerprint density at radius 2 is 2.00 bits per heavy atom. The second kappa shape index (κ2) is 5.28. The summed E-state index contributed by atoms with van der Waals surface area (Å²) in [4.78, 5) is 2.43. The normalized spacial score (nSPS) is 30.2. The molecule has 1 saturated heterocycles. The minimum Gasteiger partial charge on any atom is -0.381 e. The van der Waals surface area contributed by atoms with Crippen molar-refractivity contribution < 1.29 is 0 Å². The molecule has 2 nitrogen and oxygen atoms in total. The number of rotatable bonds is 2. The molecular weight excluding hydrogens is 232 g/mol. The summed E-state index contributed by atoms with van der Waals surface area (Å²) in [6.07, 6.45) is 1.17. The van der Waals surface area contributed by atoms with Gasteiger partial charge in [0.1, 0.15) is 0 Å². The van der Waals surface area contributed by atoms with Crippen LogP contribution in [0.1, 0.15) is 20.3 Å². The van der Waals surface area contributed by atoms with Gasteiger partial charge in [0, 0.05) is 18.6 Å². The van der Waals surface area contributed by atoms with Gasteiger partial charge in [-0.15, -0.1) is 0 Å². The second-order valence-electron chi connectivity index (χ2n) is 5.23. The van der Waals surface area contributed by atoms with Gasteiger partial charge >= 0.3 is 0 Å². The summed E-state index contributed by atoms with van der Waals surface area (Å²) in [6, 6.07) is 9.13. The highest BCUT2D eigenvalue weighted by Gasteiger charge is 2.28. The van der Waals surface area contributed by atoms with Crippen LogP contribution >= 0.6 is 11.6 Å². The predicted molar refractivity (Wildman–Crippen MR) is 74.7 cm³/mol. The molecule has 0 aliphatic carbocycles. The van der Waals surface area contributed by atoms with E-state index in [4.69, 9.17) is 11.6 Å². The van der Waals surface area contributed by atoms with Gasteiger partial charge in [-0.05, 0) is 38.4 Å². The van der Waals surface area contributed by atoms with Crippen LogP contribution in [0.4, 0.5) is 5.69 Å². The molecule has 1 aliphatic rings. The molecule has 94 valence electrons. The van der Waals surface area contributed by atoms with Crippen molar-refractivity contribution in [1.82, 2.24) is 4.90 Å². The van der Waals surface area contributed by atoms with Crippen LogP contribution in [0.2, 0.25) is 5.02 Å². The van der Waals surface area contributed by atoms with Gasteiger partial charge in [0.05, 0.1) is 10.7 Å². The van der Waals surface area contributed by atoms with Crippen molar-refractivity contribution in [2.75, 3.05) is 18.9 Å². The molecule has 3 unspecified atom stereocenters. The number of para-hydroxylation sites is 1. The quantitative estimate of drug-likeness (QED) is 0.867. The first kappa shape index (κ1) is 12.7. The fourth-order valence-electron chi connectivity index (χ4n) is 2.52. The third-order valence-electron chi connectivity index (χ3n) is 3.83. The number of anilines is 1. The van der Waals surface area contributed by atoms with E-state index in [-0.39, 0.29) is 0 Å². The summed E-state index contributed by atoms with van der Waals surface area (Å²) in [5, 5.41) is 4.40. The standard InChI is InChI=1S/C14H21ClN2/c1-10-9-17(3)11(2)8-14(10)16-13-7-5-4-6-12(13)15/h4-7,10-11,14,16H,8-9H2,1-3H3. The lowest BCUT2D eigenvalue weighted by atomic mass is 9.89. The van der Waals surface area contributed by atoms with E-state index < -0.39 is 0 Å². The molecule has 1 heterocycles. The molecular formula is C14H21ClN2. The van der Waals surface area contributed by atoms with Gasteiger partial charge in [-0.3, -0.25) is 0 Å². The molecule has 0 saturated carbocycles. The monoisotopic (exact) mass is 252 g/mol. The minimum absolute atomic E-state index is 0.515. The van der Waals surface area contributed by atoms with E-state index in [1.807, 2.05) is 18.2 Å². The summed E-state index contributed by atoms with van der Waals surface area (Å²) in [6.45, 7) is 5.73. The number of hydrogen-bond donors (Lipinski definition) is 1. The van der Waals surface area contributed by atoms with Crippen LogP contribution in [0.15, 0.2) is 24.3 Å². The average molecular weight is 253 g/mol. The Bertz CT molecular complexity index is 380. The molecule has 1 fully saturated rings. The van der Waals surface area contributed by atoms with Crippen molar-refractivity contribution in [1.29, 1.82) is 0 Å². The molecule has 0 amide bonds. The highest BCUT2D eigenvalue weighted by Crippen LogP contribution is 2.27. The van der Waals surface area contributed by atoms with E-state index >= 15 is 0 Å². The molecule has 17 heavy (non-hydrogen) atoms. The lowest BCUT2D eigenvalue weighted by molar-refractivity contribution is 0.145. The Kier molecular flexibility index (Phi) is 3.95. The number of nitrogens with zero attached hydrogens (tertiary/aromatic N) is 1. The third-order valence-corrected chi connectivity index (χ3v) is 4.15. The highest BCUT2D eigenvalue weighted by molar-refractivity contribution is 6.33. The van der Waals surface area contributed by atoms with E-state index in [0.717, 1.165) is 17.3 Å². The number of piperidine rings is 1. The molecule has 0 bridgehead atoms. The lowest BCUT2D eigenvalue weighted by Crippen LogP contribution is -2.48. The van der Waals surface area contributed by atoms with Crippen molar-refractivity contribution in [3.63, 3.8) is 0 Å². The number of likely N-dealkylation sites (tertiary alicyclic amines) is 1. The fourth-order valence-corrected chi connectivity index (χ4v) is 2.71. The summed E-state index contributed by atoms with van der Waals surface area (Å²) < 4.78 is 0. The maximum absolute atomic E-state index is 6.18. The SMILES string of the molecule is CC1CN(C)C(C)CC1Nc1ccccc1Cl. The summed E-state index contributed by atoms with van der Waals surface area (Å²) >= 11 is 6.18. The Labute approximate surface area is 109 Å². The van der Waals surface area contributed by atoms with Gasteiger partial charge in [0.15, 0.2) is 0 Å². The van der Waals surface area contributed by atoms with Crippen molar-refractivity contribution in [3.8, 4) is 0 Å². The van der Waals surface area contributed by atoms with Gasteiger partial charge in [-0.1, -0.05) is 30.7 Å². The zero-order valence-electron chi connectivity index (χ0n) is 10.8.